The summed E-state index contributed by atoms with van der Waals surface area (Å²) in [6, 6.07) is -0.604. The van der Waals surface area contributed by atoms with Gasteiger partial charge in [-0.05, 0) is 12.8 Å². The molecule has 6 heteroatoms. The molecule has 1 saturated carbocycles. The number of nitrogens with one attached hydrogen (secondary N) is 1. The molecular weight excluding hydrogens is 206 g/mol. The quantitative estimate of drug-likeness (QED) is 0.603. The first-order chi connectivity index (χ1) is 6.48. The summed E-state index contributed by atoms with van der Waals surface area (Å²) in [6.07, 6.45) is 0.811. The third-order valence-corrected chi connectivity index (χ3v) is 4.31. The first kappa shape index (κ1) is 9.92. The Labute approximate surface area is 82.4 Å². The second kappa shape index (κ2) is 3.20. The highest BCUT2D eigenvalue weighted by atomic mass is 32.2. The van der Waals surface area contributed by atoms with Crippen LogP contribution >= 0.6 is 0 Å². The molecule has 14 heavy (non-hydrogen) atoms. The van der Waals surface area contributed by atoms with Crippen LogP contribution in [0.5, 0.6) is 0 Å². The summed E-state index contributed by atoms with van der Waals surface area (Å²) in [5.74, 6) is -0.438. The van der Waals surface area contributed by atoms with E-state index in [1.165, 1.54) is 0 Å². The summed E-state index contributed by atoms with van der Waals surface area (Å²) >= 11 is 0. The first-order valence-corrected chi connectivity index (χ1v) is 6.49. The van der Waals surface area contributed by atoms with Gasteiger partial charge in [0.25, 0.3) is 0 Å². The van der Waals surface area contributed by atoms with Gasteiger partial charge in [-0.1, -0.05) is 0 Å². The number of aliphatic hydroxyl groups is 1. The zero-order chi connectivity index (χ0) is 10.3. The fourth-order valence-corrected chi connectivity index (χ4v) is 3.35. The van der Waals surface area contributed by atoms with Crippen molar-refractivity contribution in [3.05, 3.63) is 0 Å². The van der Waals surface area contributed by atoms with Gasteiger partial charge < -0.3 is 10.4 Å². The maximum Gasteiger partial charge on any atom is 0.223 e. The van der Waals surface area contributed by atoms with E-state index in [2.05, 4.69) is 5.32 Å². The number of carbonyl (C=O) groups is 1. The summed E-state index contributed by atoms with van der Waals surface area (Å²) in [6.45, 7) is 0. The topological polar surface area (TPSA) is 83.5 Å². The van der Waals surface area contributed by atoms with Crippen molar-refractivity contribution in [1.29, 1.82) is 0 Å². The van der Waals surface area contributed by atoms with Gasteiger partial charge >= 0.3 is 0 Å². The molecule has 1 amide bonds. The van der Waals surface area contributed by atoms with Crippen LogP contribution in [0.3, 0.4) is 0 Å². The lowest BCUT2D eigenvalue weighted by Gasteiger charge is -2.14. The van der Waals surface area contributed by atoms with Crippen molar-refractivity contribution in [3.63, 3.8) is 0 Å². The van der Waals surface area contributed by atoms with E-state index < -0.39 is 22.0 Å². The van der Waals surface area contributed by atoms with E-state index in [4.69, 9.17) is 0 Å². The summed E-state index contributed by atoms with van der Waals surface area (Å²) in [5.41, 5.74) is 0. The summed E-state index contributed by atoms with van der Waals surface area (Å²) < 4.78 is 22.2. The lowest BCUT2D eigenvalue weighted by atomic mass is 10.2. The molecule has 0 aromatic heterocycles. The Kier molecular flexibility index (Phi) is 2.27. The summed E-state index contributed by atoms with van der Waals surface area (Å²) in [7, 11) is -3.16. The average Bonchev–Trinajstić information content (AvgIpc) is 2.79. The second-order valence-electron chi connectivity index (χ2n) is 4.03. The second-order valence-corrected chi connectivity index (χ2v) is 6.19. The van der Waals surface area contributed by atoms with Crippen molar-refractivity contribution in [1.82, 2.24) is 5.32 Å². The molecule has 0 spiro atoms. The number of aliphatic hydroxyl groups excluding tert-OH is 1. The van der Waals surface area contributed by atoms with Gasteiger partial charge in [-0.3, -0.25) is 4.79 Å². The van der Waals surface area contributed by atoms with Crippen LogP contribution in [0.4, 0.5) is 0 Å². The van der Waals surface area contributed by atoms with Crippen LogP contribution in [-0.2, 0) is 14.6 Å². The van der Waals surface area contributed by atoms with Crippen molar-refractivity contribution in [2.75, 3.05) is 11.5 Å². The van der Waals surface area contributed by atoms with E-state index >= 15 is 0 Å². The molecule has 2 aliphatic rings. The zero-order valence-electron chi connectivity index (χ0n) is 7.64. The molecule has 2 rings (SSSR count). The zero-order valence-corrected chi connectivity index (χ0v) is 8.46. The van der Waals surface area contributed by atoms with E-state index in [1.54, 1.807) is 0 Å². The number of hydrogen-bond donors (Lipinski definition) is 2. The van der Waals surface area contributed by atoms with Gasteiger partial charge in [-0.25, -0.2) is 8.42 Å². The Balaban J connectivity index is 1.95. The minimum absolute atomic E-state index is 0.0468. The minimum atomic E-state index is -3.16. The summed E-state index contributed by atoms with van der Waals surface area (Å²) in [4.78, 5) is 11.3. The third kappa shape index (κ3) is 2.06. The molecule has 2 N–H and O–H groups in total. The number of amides is 1. The SMILES string of the molecule is O=C(N[C@@H]1CS(=O)(=O)C[C@H]1O)C1CC1. The third-order valence-electron chi connectivity index (χ3n) is 2.60. The van der Waals surface area contributed by atoms with Gasteiger partial charge in [0.2, 0.25) is 5.91 Å². The lowest BCUT2D eigenvalue weighted by Crippen LogP contribution is -2.43. The Bertz CT molecular complexity index is 346. The van der Waals surface area contributed by atoms with Gasteiger partial charge in [-0.2, -0.15) is 0 Å². The lowest BCUT2D eigenvalue weighted by molar-refractivity contribution is -0.123. The van der Waals surface area contributed by atoms with Crippen LogP contribution in [0, 0.1) is 5.92 Å². The van der Waals surface area contributed by atoms with E-state index in [1.807, 2.05) is 0 Å². The van der Waals surface area contributed by atoms with Gasteiger partial charge in [-0.15, -0.1) is 0 Å². The molecule has 5 nitrogen and oxygen atoms in total. The summed E-state index contributed by atoms with van der Waals surface area (Å²) in [5, 5.41) is 12.0. The maximum absolute atomic E-state index is 11.3. The predicted molar refractivity (Wildman–Crippen MR) is 49.3 cm³/mol. The smallest absolute Gasteiger partial charge is 0.223 e. The predicted octanol–water partition coefficient (Wildman–Crippen LogP) is -1.33. The molecule has 80 valence electrons. The highest BCUT2D eigenvalue weighted by Crippen LogP contribution is 2.29. The molecule has 1 heterocycles. The molecule has 0 unspecified atom stereocenters. The van der Waals surface area contributed by atoms with Crippen LogP contribution in [0.25, 0.3) is 0 Å². The van der Waals surface area contributed by atoms with E-state index in [-0.39, 0.29) is 23.3 Å². The molecular formula is C8H13NO4S. The Morgan fingerprint density at radius 1 is 1.29 bits per heavy atom. The standard InChI is InChI=1S/C8H13NO4S/c10-7-4-14(12,13)3-6(7)9-8(11)5-1-2-5/h5-7,10H,1-4H2,(H,9,11)/t6-,7-/m1/s1. The van der Waals surface area contributed by atoms with Gasteiger partial charge in [0.1, 0.15) is 0 Å². The van der Waals surface area contributed by atoms with E-state index in [0.29, 0.717) is 0 Å². The molecule has 2 atom stereocenters. The van der Waals surface area contributed by atoms with Crippen LogP contribution in [0.2, 0.25) is 0 Å². The Hall–Kier alpha value is -0.620. The van der Waals surface area contributed by atoms with Crippen molar-refractivity contribution < 1.29 is 18.3 Å². The van der Waals surface area contributed by atoms with Crippen molar-refractivity contribution in [2.24, 2.45) is 5.92 Å². The van der Waals surface area contributed by atoms with Gasteiger partial charge in [0.15, 0.2) is 9.84 Å². The molecule has 1 aliphatic heterocycles. The fraction of sp³-hybridized carbons (Fsp3) is 0.875. The fourth-order valence-electron chi connectivity index (χ4n) is 1.61. The van der Waals surface area contributed by atoms with Crippen LogP contribution in [-0.4, -0.2) is 43.1 Å². The van der Waals surface area contributed by atoms with Crippen LogP contribution < -0.4 is 5.32 Å². The normalized spacial score (nSPS) is 35.5. The number of sulfone groups is 1. The minimum Gasteiger partial charge on any atom is -0.390 e. The number of carbonyl (C=O) groups excluding carboxylic acids is 1. The molecule has 1 saturated heterocycles. The Morgan fingerprint density at radius 3 is 2.36 bits per heavy atom. The molecule has 0 aromatic rings. The maximum atomic E-state index is 11.3. The molecule has 2 fully saturated rings. The highest BCUT2D eigenvalue weighted by Gasteiger charge is 2.39. The van der Waals surface area contributed by atoms with Gasteiger partial charge in [0.05, 0.1) is 23.7 Å². The molecule has 0 radical (unpaired) electrons. The largest absolute Gasteiger partial charge is 0.390 e. The van der Waals surface area contributed by atoms with Crippen LogP contribution in [0.1, 0.15) is 12.8 Å². The van der Waals surface area contributed by atoms with Crippen LogP contribution in [0.15, 0.2) is 0 Å². The van der Waals surface area contributed by atoms with E-state index in [0.717, 1.165) is 12.8 Å². The van der Waals surface area contributed by atoms with Gasteiger partial charge in [0, 0.05) is 5.92 Å². The van der Waals surface area contributed by atoms with E-state index in [9.17, 15) is 18.3 Å². The highest BCUT2D eigenvalue weighted by molar-refractivity contribution is 7.91. The van der Waals surface area contributed by atoms with Crippen molar-refractivity contribution >= 4 is 15.7 Å². The number of hydrogen-bond acceptors (Lipinski definition) is 4. The van der Waals surface area contributed by atoms with Crippen molar-refractivity contribution in [2.45, 2.75) is 25.0 Å². The monoisotopic (exact) mass is 219 g/mol. The Morgan fingerprint density at radius 2 is 1.93 bits per heavy atom. The van der Waals surface area contributed by atoms with Crippen molar-refractivity contribution in [3.8, 4) is 0 Å². The molecule has 1 aliphatic carbocycles. The first-order valence-electron chi connectivity index (χ1n) is 4.67. The number of rotatable bonds is 2. The average molecular weight is 219 g/mol. The molecule has 0 bridgehead atoms. The molecule has 0 aromatic carbocycles.